The number of benzene rings is 4. The number of carboxylic acid groups (broad SMARTS) is 1. The van der Waals surface area contributed by atoms with Crippen molar-refractivity contribution < 1.29 is 19.4 Å². The molecule has 0 amide bonds. The number of carbonyl (C=O) groups is 1. The quantitative estimate of drug-likeness (QED) is 0.182. The molecule has 2 heterocycles. The van der Waals surface area contributed by atoms with Crippen LogP contribution in [0.1, 0.15) is 34.9 Å². The molecule has 0 bridgehead atoms. The van der Waals surface area contributed by atoms with Crippen LogP contribution in [0.5, 0.6) is 11.5 Å². The summed E-state index contributed by atoms with van der Waals surface area (Å²) in [7, 11) is 0. The summed E-state index contributed by atoms with van der Waals surface area (Å²) in [6, 6.07) is 39.1. The molecule has 0 aliphatic rings. The van der Waals surface area contributed by atoms with Gasteiger partial charge in [0, 0.05) is 16.7 Å². The van der Waals surface area contributed by atoms with Crippen molar-refractivity contribution >= 4 is 57.3 Å². The molecule has 2 aromatic heterocycles. The number of carboxylic acids is 1. The zero-order valence-electron chi connectivity index (χ0n) is 22.3. The van der Waals surface area contributed by atoms with E-state index in [1.807, 2.05) is 121 Å². The zero-order chi connectivity index (χ0) is 28.0. The van der Waals surface area contributed by atoms with Crippen molar-refractivity contribution in [3.05, 3.63) is 144 Å². The van der Waals surface area contributed by atoms with Crippen LogP contribution in [0.4, 0.5) is 0 Å². The van der Waals surface area contributed by atoms with Crippen molar-refractivity contribution in [1.29, 1.82) is 0 Å². The van der Waals surface area contributed by atoms with Gasteiger partial charge in [0.2, 0.25) is 0 Å². The number of ether oxygens (including phenoxy) is 2. The molecule has 0 atom stereocenters. The minimum atomic E-state index is -0.861. The van der Waals surface area contributed by atoms with Gasteiger partial charge in [-0.05, 0) is 59.7 Å². The summed E-state index contributed by atoms with van der Waals surface area (Å²) in [6.45, 7) is 0.692. The third-order valence-electron chi connectivity index (χ3n) is 7.03. The number of hydrogen-bond donors (Lipinski definition) is 1. The van der Waals surface area contributed by atoms with Gasteiger partial charge >= 0.3 is 35.5 Å². The molecule has 1 N–H and O–H groups in total. The second-order valence-electron chi connectivity index (χ2n) is 9.86. The van der Waals surface area contributed by atoms with Crippen molar-refractivity contribution in [1.82, 2.24) is 9.97 Å². The number of pyridine rings is 2. The van der Waals surface area contributed by atoms with Crippen LogP contribution in [0.25, 0.3) is 21.8 Å². The normalized spacial score (nSPS) is 10.9. The second kappa shape index (κ2) is 13.6. The molecule has 4 aromatic carbocycles. The van der Waals surface area contributed by atoms with Crippen LogP contribution in [-0.2, 0) is 18.0 Å². The Morgan fingerprint density at radius 2 is 1.02 bits per heavy atom. The summed E-state index contributed by atoms with van der Waals surface area (Å²) in [5.41, 5.74) is 5.35. The van der Waals surface area contributed by atoms with Crippen LogP contribution in [0.3, 0.4) is 0 Å². The van der Waals surface area contributed by atoms with Crippen LogP contribution in [0.15, 0.2) is 121 Å². The maximum absolute atomic E-state index is 11.7. The van der Waals surface area contributed by atoms with Crippen molar-refractivity contribution in [2.24, 2.45) is 0 Å². The van der Waals surface area contributed by atoms with Crippen LogP contribution >= 0.6 is 0 Å². The molecule has 42 heavy (non-hydrogen) atoms. The second-order valence-corrected chi connectivity index (χ2v) is 9.86. The van der Waals surface area contributed by atoms with Crippen LogP contribution in [0, 0.1) is 0 Å². The van der Waals surface area contributed by atoms with Gasteiger partial charge in [-0.25, -0.2) is 9.97 Å². The molecule has 6 rings (SSSR count). The van der Waals surface area contributed by atoms with Crippen molar-refractivity contribution in [2.45, 2.75) is 25.6 Å². The molecule has 6 aromatic rings. The van der Waals surface area contributed by atoms with E-state index < -0.39 is 5.97 Å². The molecule has 0 aliphatic carbocycles. The van der Waals surface area contributed by atoms with E-state index >= 15 is 0 Å². The maximum atomic E-state index is 11.7. The zero-order valence-corrected chi connectivity index (χ0v) is 22.3. The molecular weight excluding hydrogens is 535 g/mol. The molecule has 0 spiro atoms. The van der Waals surface area contributed by atoms with E-state index in [0.717, 1.165) is 44.3 Å². The third-order valence-corrected chi connectivity index (χ3v) is 7.03. The van der Waals surface area contributed by atoms with Crippen molar-refractivity contribution in [3.63, 3.8) is 0 Å². The number of aromatic nitrogens is 2. The summed E-state index contributed by atoms with van der Waals surface area (Å²) in [5, 5.41) is 11.8. The van der Waals surface area contributed by atoms with Gasteiger partial charge < -0.3 is 14.6 Å². The number of para-hydroxylation sites is 2. The van der Waals surface area contributed by atoms with Crippen molar-refractivity contribution in [3.8, 4) is 11.5 Å². The van der Waals surface area contributed by atoms with Gasteiger partial charge in [-0.2, -0.15) is 0 Å². The Kier molecular flexibility index (Phi) is 9.49. The summed E-state index contributed by atoms with van der Waals surface area (Å²) < 4.78 is 11.9. The first kappa shape index (κ1) is 29.3. The predicted molar refractivity (Wildman–Crippen MR) is 166 cm³/mol. The minimum absolute atomic E-state index is 0. The van der Waals surface area contributed by atoms with Gasteiger partial charge in [0.15, 0.2) is 0 Å². The fourth-order valence-electron chi connectivity index (χ4n) is 4.89. The molecule has 0 radical (unpaired) electrons. The molecule has 204 valence electrons. The number of fused-ring (bicyclic) bond motifs is 2. The summed E-state index contributed by atoms with van der Waals surface area (Å²) in [6.07, 6.45) is -0.0254. The molecule has 6 nitrogen and oxygen atoms in total. The molecular formula is C35H29N2NaO4. The average Bonchev–Trinajstić information content (AvgIpc) is 3.02. The van der Waals surface area contributed by atoms with Crippen molar-refractivity contribution in [2.75, 3.05) is 0 Å². The molecule has 0 unspecified atom stereocenters. The topological polar surface area (TPSA) is 81.5 Å². The third kappa shape index (κ3) is 7.15. The van der Waals surface area contributed by atoms with Gasteiger partial charge in [0.25, 0.3) is 0 Å². The van der Waals surface area contributed by atoms with Gasteiger partial charge in [-0.3, -0.25) is 4.79 Å². The Balaban J connectivity index is 0.00000353. The van der Waals surface area contributed by atoms with Gasteiger partial charge in [0.05, 0.1) is 28.8 Å². The first-order chi connectivity index (χ1) is 20.1. The van der Waals surface area contributed by atoms with Gasteiger partial charge in [0.1, 0.15) is 24.7 Å². The predicted octanol–water partition coefficient (Wildman–Crippen LogP) is 6.90. The molecule has 0 saturated heterocycles. The number of nitrogens with zero attached hydrogens (tertiary/aromatic N) is 2. The van der Waals surface area contributed by atoms with E-state index in [1.54, 1.807) is 0 Å². The van der Waals surface area contributed by atoms with Gasteiger partial charge in [-0.15, -0.1) is 0 Å². The molecule has 0 aliphatic heterocycles. The Morgan fingerprint density at radius 1 is 0.595 bits per heavy atom. The van der Waals surface area contributed by atoms with Crippen LogP contribution < -0.4 is 9.47 Å². The summed E-state index contributed by atoms with van der Waals surface area (Å²) in [4.78, 5) is 21.0. The SMILES string of the molecule is O=C(O)CC(c1ccc(OCc2ccc3ccccc3n2)cc1)c1ccc(OCc2ccc3ccccc3n2)cc1.[NaH]. The molecule has 0 fully saturated rings. The standard InChI is InChI=1S/C35H28N2O4.Na.H/c38-35(39)21-32(24-11-17-30(18-12-24)40-22-28-15-9-26-5-1-3-7-33(26)36-28)25-13-19-31(20-14-25)41-23-29-16-10-27-6-2-4-8-34(27)37-29;;/h1-20,32H,21-23H2,(H,38,39);;. The number of aliphatic carboxylic acids is 1. The van der Waals surface area contributed by atoms with E-state index in [9.17, 15) is 9.90 Å². The Morgan fingerprint density at radius 3 is 1.45 bits per heavy atom. The van der Waals surface area contributed by atoms with E-state index in [0.29, 0.717) is 24.7 Å². The average molecular weight is 565 g/mol. The Bertz CT molecular complexity index is 1680. The van der Waals surface area contributed by atoms with Crippen LogP contribution in [0.2, 0.25) is 0 Å². The fourth-order valence-corrected chi connectivity index (χ4v) is 4.89. The van der Waals surface area contributed by atoms with Crippen LogP contribution in [-0.4, -0.2) is 50.6 Å². The van der Waals surface area contributed by atoms with E-state index in [1.165, 1.54) is 0 Å². The first-order valence-electron chi connectivity index (χ1n) is 13.5. The molecule has 7 heteroatoms. The fraction of sp³-hybridized carbons (Fsp3) is 0.114. The number of rotatable bonds is 10. The monoisotopic (exact) mass is 564 g/mol. The van der Waals surface area contributed by atoms with E-state index in [-0.39, 0.29) is 41.9 Å². The van der Waals surface area contributed by atoms with E-state index in [4.69, 9.17) is 9.47 Å². The summed E-state index contributed by atoms with van der Waals surface area (Å²) >= 11 is 0. The Labute approximate surface area is 266 Å². The Hall–Kier alpha value is -4.23. The summed E-state index contributed by atoms with van der Waals surface area (Å²) in [5.74, 6) is 0.230. The molecule has 0 saturated carbocycles. The van der Waals surface area contributed by atoms with Gasteiger partial charge in [-0.1, -0.05) is 72.8 Å². The first-order valence-corrected chi connectivity index (χ1v) is 13.5. The number of hydrogen-bond acceptors (Lipinski definition) is 5. The van der Waals surface area contributed by atoms with E-state index in [2.05, 4.69) is 9.97 Å².